The first-order valence-electron chi connectivity index (χ1n) is 10.3. The summed E-state index contributed by atoms with van der Waals surface area (Å²) in [4.78, 5) is 49.8. The molecule has 35 heavy (non-hydrogen) atoms. The van der Waals surface area contributed by atoms with Gasteiger partial charge in [-0.15, -0.1) is 23.1 Å². The summed E-state index contributed by atoms with van der Waals surface area (Å²) in [5, 5.41) is 21.2. The number of thiophene rings is 1. The number of anilines is 1. The van der Waals surface area contributed by atoms with Gasteiger partial charge in [0.05, 0.1) is 16.3 Å². The molecule has 14 heteroatoms. The number of hydrogen-bond donors (Lipinski definition) is 3. The van der Waals surface area contributed by atoms with Gasteiger partial charge in [-0.3, -0.25) is 14.5 Å². The molecule has 180 valence electrons. The maximum absolute atomic E-state index is 13.0. The minimum atomic E-state index is -1.19. The van der Waals surface area contributed by atoms with Crippen molar-refractivity contribution in [3.05, 3.63) is 51.5 Å². The van der Waals surface area contributed by atoms with Crippen LogP contribution in [0.5, 0.6) is 0 Å². The van der Waals surface area contributed by atoms with E-state index in [1.807, 2.05) is 34.3 Å². The Kier molecular flexibility index (Phi) is 6.17. The van der Waals surface area contributed by atoms with Crippen LogP contribution in [0, 0.1) is 0 Å². The van der Waals surface area contributed by atoms with Crippen molar-refractivity contribution in [2.75, 3.05) is 18.6 Å². The zero-order valence-corrected chi connectivity index (χ0v) is 20.7. The number of carboxylic acids is 1. The number of nitrogens with one attached hydrogen (secondary N) is 1. The number of carboxylic acid groups (broad SMARTS) is 1. The van der Waals surface area contributed by atoms with E-state index in [4.69, 9.17) is 10.6 Å². The van der Waals surface area contributed by atoms with E-state index in [0.717, 1.165) is 21.6 Å². The van der Waals surface area contributed by atoms with Crippen molar-refractivity contribution in [3.8, 4) is 0 Å². The lowest BCUT2D eigenvalue weighted by Gasteiger charge is -2.49. The van der Waals surface area contributed by atoms with Crippen molar-refractivity contribution in [2.24, 2.45) is 5.16 Å². The summed E-state index contributed by atoms with van der Waals surface area (Å²) in [5.74, 6) is -1.91. The van der Waals surface area contributed by atoms with Crippen LogP contribution in [-0.2, 0) is 25.8 Å². The van der Waals surface area contributed by atoms with E-state index in [1.165, 1.54) is 23.8 Å². The van der Waals surface area contributed by atoms with Gasteiger partial charge < -0.3 is 21.0 Å². The molecule has 0 aliphatic carbocycles. The molecule has 3 aromatic heterocycles. The van der Waals surface area contributed by atoms with Gasteiger partial charge in [-0.05, 0) is 17.5 Å². The van der Waals surface area contributed by atoms with Crippen LogP contribution in [0.4, 0.5) is 5.13 Å². The van der Waals surface area contributed by atoms with Crippen LogP contribution >= 0.6 is 34.4 Å². The Labute approximate surface area is 210 Å². The molecule has 2 atom stereocenters. The molecule has 0 radical (unpaired) electrons. The molecule has 11 nitrogen and oxygen atoms in total. The number of fused-ring (bicyclic) bond motifs is 2. The zero-order chi connectivity index (χ0) is 24.7. The van der Waals surface area contributed by atoms with E-state index in [2.05, 4.69) is 15.5 Å². The number of nitrogens with zero attached hydrogens (tertiary/aromatic N) is 4. The van der Waals surface area contributed by atoms with Crippen molar-refractivity contribution >= 4 is 73.3 Å². The van der Waals surface area contributed by atoms with Crippen molar-refractivity contribution in [1.29, 1.82) is 0 Å². The normalized spacial score (nSPS) is 20.0. The fourth-order valence-electron chi connectivity index (χ4n) is 4.05. The number of thioether (sulfide) groups is 1. The minimum absolute atomic E-state index is 0.0548. The van der Waals surface area contributed by atoms with Gasteiger partial charge >= 0.3 is 5.97 Å². The number of pyridine rings is 1. The first-order chi connectivity index (χ1) is 16.9. The quantitative estimate of drug-likeness (QED) is 0.177. The molecule has 2 aliphatic rings. The van der Waals surface area contributed by atoms with Crippen molar-refractivity contribution < 1.29 is 28.9 Å². The number of nitrogens with two attached hydrogens (primary N) is 1. The minimum Gasteiger partial charge on any atom is -0.477 e. The van der Waals surface area contributed by atoms with E-state index in [-0.39, 0.29) is 22.2 Å². The Hall–Kier alpha value is -3.49. The molecule has 0 saturated carbocycles. The van der Waals surface area contributed by atoms with E-state index in [1.54, 1.807) is 16.7 Å². The number of oxime groups is 1. The molecule has 4 N–H and O–H groups in total. The van der Waals surface area contributed by atoms with Crippen LogP contribution in [0.3, 0.4) is 0 Å². The van der Waals surface area contributed by atoms with E-state index in [0.29, 0.717) is 17.2 Å². The molecule has 0 aromatic carbocycles. The number of carbonyl (C=O) groups excluding carboxylic acids is 2. The number of aliphatic carboxylic acids is 1. The van der Waals surface area contributed by atoms with Crippen molar-refractivity contribution in [2.45, 2.75) is 18.6 Å². The summed E-state index contributed by atoms with van der Waals surface area (Å²) in [6.07, 6.45) is 1.89. The number of hydrogen-bond acceptors (Lipinski definition) is 10. The van der Waals surface area contributed by atoms with Crippen LogP contribution in [0.25, 0.3) is 10.2 Å². The smallest absolute Gasteiger partial charge is 0.353 e. The number of β-lactam (4-membered cyclic amide) rings is 1. The van der Waals surface area contributed by atoms with Crippen LogP contribution in [-0.4, -0.2) is 63.4 Å². The molecule has 2 unspecified atom stereocenters. The Balaban J connectivity index is 1.38. The van der Waals surface area contributed by atoms with Gasteiger partial charge in [-0.1, -0.05) is 16.5 Å². The number of rotatable bonds is 7. The third-order valence-electron chi connectivity index (χ3n) is 5.60. The van der Waals surface area contributed by atoms with Crippen molar-refractivity contribution in [3.63, 3.8) is 0 Å². The van der Waals surface area contributed by atoms with Gasteiger partial charge in [0.15, 0.2) is 23.6 Å². The third kappa shape index (κ3) is 4.13. The molecule has 0 spiro atoms. The van der Waals surface area contributed by atoms with Gasteiger partial charge in [-0.25, -0.2) is 9.78 Å². The molecule has 1 saturated heterocycles. The monoisotopic (exact) mass is 531 g/mol. The van der Waals surface area contributed by atoms with Crippen LogP contribution in [0.1, 0.15) is 5.69 Å². The van der Waals surface area contributed by atoms with Crippen LogP contribution in [0.15, 0.2) is 50.9 Å². The summed E-state index contributed by atoms with van der Waals surface area (Å²) in [6.45, 7) is 0.327. The Morgan fingerprint density at radius 1 is 1.40 bits per heavy atom. The van der Waals surface area contributed by atoms with E-state index in [9.17, 15) is 19.5 Å². The summed E-state index contributed by atoms with van der Waals surface area (Å²) in [6, 6.07) is 4.50. The second-order valence-electron chi connectivity index (χ2n) is 7.63. The van der Waals surface area contributed by atoms with E-state index >= 15 is 0 Å². The summed E-state index contributed by atoms with van der Waals surface area (Å²) in [5.41, 5.74) is 5.70. The average molecular weight is 532 g/mol. The lowest BCUT2D eigenvalue weighted by atomic mass is 9.94. The standard InChI is InChI=1S/C21H18N6O5S3/c1-32-25-14(11-8-35-21(22)23-11)17(28)24-15-12-9-34-13(16(20(30)31)27(12)18(15)29)7-26-5-2-3-10-4-6-33-19(10)26/h2-6,8,12,15H,7,9H2,1H3,(H3-,22,23,24,28,30,31)/p+1. The highest BCUT2D eigenvalue weighted by atomic mass is 32.2. The Morgan fingerprint density at radius 3 is 2.94 bits per heavy atom. The zero-order valence-electron chi connectivity index (χ0n) is 18.2. The number of nitrogen functional groups attached to an aromatic ring is 1. The van der Waals surface area contributed by atoms with Gasteiger partial charge in [0.2, 0.25) is 0 Å². The third-order valence-corrected chi connectivity index (χ3v) is 8.41. The van der Waals surface area contributed by atoms with Gasteiger partial charge in [0.25, 0.3) is 16.6 Å². The Bertz CT molecular complexity index is 1410. The summed E-state index contributed by atoms with van der Waals surface area (Å²) in [7, 11) is 1.29. The molecule has 3 aromatic rings. The average Bonchev–Trinajstić information content (AvgIpc) is 3.49. The highest BCUT2D eigenvalue weighted by molar-refractivity contribution is 8.03. The van der Waals surface area contributed by atoms with Crippen molar-refractivity contribution in [1.82, 2.24) is 15.2 Å². The lowest BCUT2D eigenvalue weighted by molar-refractivity contribution is -0.659. The highest BCUT2D eigenvalue weighted by Gasteiger charge is 2.54. The maximum atomic E-state index is 13.0. The number of carbonyl (C=O) groups is 3. The SMILES string of the molecule is CON=C(C(=O)NC1C(=O)N2C(C(=O)O)=C(C[n+]3cccc4ccsc43)SCC12)c1csc(N)n1. The largest absolute Gasteiger partial charge is 0.477 e. The molecule has 1 fully saturated rings. The number of amides is 2. The molecule has 2 amide bonds. The van der Waals surface area contributed by atoms with Gasteiger partial charge in [0.1, 0.15) is 24.5 Å². The maximum Gasteiger partial charge on any atom is 0.353 e. The number of thiazole rings is 1. The number of allylic oxidation sites excluding steroid dienone is 1. The fourth-order valence-corrected chi connectivity index (χ4v) is 6.74. The van der Waals surface area contributed by atoms with Gasteiger partial charge in [-0.2, -0.15) is 4.57 Å². The second-order valence-corrected chi connectivity index (χ2v) is 10.5. The topological polar surface area (TPSA) is 151 Å². The molecule has 2 aliphatic heterocycles. The number of aromatic nitrogens is 2. The lowest BCUT2D eigenvalue weighted by Crippen LogP contribution is -2.73. The van der Waals surface area contributed by atoms with Crippen LogP contribution in [0.2, 0.25) is 0 Å². The first-order valence-corrected chi connectivity index (χ1v) is 13.0. The molecule has 5 heterocycles. The highest BCUT2D eigenvalue weighted by Crippen LogP contribution is 2.39. The predicted octanol–water partition coefficient (Wildman–Crippen LogP) is 1.02. The summed E-state index contributed by atoms with van der Waals surface area (Å²) < 4.78 is 1.97. The molecular weight excluding hydrogens is 512 g/mol. The summed E-state index contributed by atoms with van der Waals surface area (Å²) >= 11 is 4.08. The fraction of sp³-hybridized carbons (Fsp3) is 0.238. The van der Waals surface area contributed by atoms with Crippen LogP contribution < -0.4 is 15.6 Å². The Morgan fingerprint density at radius 2 is 2.23 bits per heavy atom. The molecule has 0 bridgehead atoms. The molecule has 5 rings (SSSR count). The second kappa shape index (κ2) is 9.28. The molecular formula is C21H19N6O5S3+. The van der Waals surface area contributed by atoms with Gasteiger partial charge in [0, 0.05) is 17.2 Å². The first kappa shape index (κ1) is 23.3. The van der Waals surface area contributed by atoms with E-state index < -0.39 is 29.9 Å². The predicted molar refractivity (Wildman–Crippen MR) is 132 cm³/mol.